The van der Waals surface area contributed by atoms with Gasteiger partial charge < -0.3 is 15.2 Å². The van der Waals surface area contributed by atoms with Crippen molar-refractivity contribution in [1.82, 2.24) is 5.32 Å². The number of fused-ring (bicyclic) bond motifs is 2. The maximum absolute atomic E-state index is 13.1. The molecule has 1 aliphatic rings. The first-order valence-corrected chi connectivity index (χ1v) is 7.66. The van der Waals surface area contributed by atoms with Gasteiger partial charge >= 0.3 is 6.18 Å². The molecule has 3 rings (SSSR count). The zero-order valence-corrected chi connectivity index (χ0v) is 13.2. The van der Waals surface area contributed by atoms with E-state index in [0.717, 1.165) is 12.1 Å². The SMILES string of the molecule is CNCCC1(O)c2cc(C(F)(F)F)ccc2COc2ccccc21. The summed E-state index contributed by atoms with van der Waals surface area (Å²) in [7, 11) is 1.73. The second-order valence-electron chi connectivity index (χ2n) is 5.87. The summed E-state index contributed by atoms with van der Waals surface area (Å²) in [5, 5.41) is 14.3. The number of aliphatic hydroxyl groups is 1. The number of ether oxygens (including phenoxy) is 1. The molecule has 1 unspecified atom stereocenters. The van der Waals surface area contributed by atoms with Crippen molar-refractivity contribution in [1.29, 1.82) is 0 Å². The normalized spacial score (nSPS) is 19.9. The molecule has 0 saturated heterocycles. The van der Waals surface area contributed by atoms with Gasteiger partial charge in [0.15, 0.2) is 0 Å². The lowest BCUT2D eigenvalue weighted by molar-refractivity contribution is -0.137. The van der Waals surface area contributed by atoms with Gasteiger partial charge in [0.25, 0.3) is 0 Å². The van der Waals surface area contributed by atoms with Gasteiger partial charge in [-0.2, -0.15) is 13.2 Å². The molecule has 0 bridgehead atoms. The number of nitrogens with one attached hydrogen (secondary N) is 1. The minimum Gasteiger partial charge on any atom is -0.488 e. The molecule has 2 N–H and O–H groups in total. The van der Waals surface area contributed by atoms with Gasteiger partial charge in [0, 0.05) is 5.56 Å². The number of hydrogen-bond donors (Lipinski definition) is 2. The molecule has 0 radical (unpaired) electrons. The summed E-state index contributed by atoms with van der Waals surface area (Å²) in [4.78, 5) is 0. The molecule has 1 aliphatic heterocycles. The number of para-hydroxylation sites is 1. The molecule has 1 heterocycles. The summed E-state index contributed by atoms with van der Waals surface area (Å²) >= 11 is 0. The summed E-state index contributed by atoms with van der Waals surface area (Å²) in [5.74, 6) is 0.487. The van der Waals surface area contributed by atoms with Crippen LogP contribution in [0.25, 0.3) is 0 Å². The molecule has 0 fully saturated rings. The van der Waals surface area contributed by atoms with E-state index >= 15 is 0 Å². The lowest BCUT2D eigenvalue weighted by Gasteiger charge is -2.30. The average molecular weight is 337 g/mol. The second kappa shape index (κ2) is 6.11. The standard InChI is InChI=1S/C18H18F3NO2/c1-22-9-8-17(23)14-4-2-3-5-16(14)24-11-12-6-7-13(10-15(12)17)18(19,20)21/h2-7,10,22-23H,8-9,11H2,1H3. The molecule has 6 heteroatoms. The van der Waals surface area contributed by atoms with Gasteiger partial charge in [0.1, 0.15) is 18.0 Å². The van der Waals surface area contributed by atoms with Gasteiger partial charge in [-0.1, -0.05) is 24.3 Å². The van der Waals surface area contributed by atoms with Crippen LogP contribution < -0.4 is 10.1 Å². The first kappa shape index (κ1) is 16.8. The zero-order chi connectivity index (χ0) is 17.4. The van der Waals surface area contributed by atoms with Crippen molar-refractivity contribution in [2.75, 3.05) is 13.6 Å². The van der Waals surface area contributed by atoms with Gasteiger partial charge in [0.05, 0.1) is 5.56 Å². The molecule has 0 spiro atoms. The Morgan fingerprint density at radius 1 is 1.17 bits per heavy atom. The van der Waals surface area contributed by atoms with Crippen LogP contribution in [0.3, 0.4) is 0 Å². The van der Waals surface area contributed by atoms with Gasteiger partial charge in [0.2, 0.25) is 0 Å². The largest absolute Gasteiger partial charge is 0.488 e. The smallest absolute Gasteiger partial charge is 0.416 e. The topological polar surface area (TPSA) is 41.5 Å². The lowest BCUT2D eigenvalue weighted by atomic mass is 9.80. The van der Waals surface area contributed by atoms with Gasteiger partial charge in [-0.15, -0.1) is 0 Å². The van der Waals surface area contributed by atoms with E-state index in [4.69, 9.17) is 4.74 Å². The summed E-state index contributed by atoms with van der Waals surface area (Å²) in [6.07, 6.45) is -4.23. The first-order valence-electron chi connectivity index (χ1n) is 7.66. The Hall–Kier alpha value is -2.05. The minimum atomic E-state index is -4.47. The third kappa shape index (κ3) is 2.87. The van der Waals surface area contributed by atoms with Crippen LogP contribution in [-0.2, 0) is 18.4 Å². The van der Waals surface area contributed by atoms with E-state index in [2.05, 4.69) is 5.32 Å². The Balaban J connectivity index is 2.22. The minimum absolute atomic E-state index is 0.117. The van der Waals surface area contributed by atoms with Crippen molar-refractivity contribution >= 4 is 0 Å². The lowest BCUT2D eigenvalue weighted by Crippen LogP contribution is -2.32. The molecule has 128 valence electrons. The summed E-state index contributed by atoms with van der Waals surface area (Å²) < 4.78 is 45.1. The highest BCUT2D eigenvalue weighted by Crippen LogP contribution is 2.44. The van der Waals surface area contributed by atoms with Crippen LogP contribution in [0.5, 0.6) is 5.75 Å². The summed E-state index contributed by atoms with van der Waals surface area (Å²) in [5.41, 5.74) is -1.04. The van der Waals surface area contributed by atoms with E-state index in [0.29, 0.717) is 23.4 Å². The maximum Gasteiger partial charge on any atom is 0.416 e. The highest BCUT2D eigenvalue weighted by molar-refractivity contribution is 5.50. The van der Waals surface area contributed by atoms with Crippen molar-refractivity contribution in [2.24, 2.45) is 0 Å². The van der Waals surface area contributed by atoms with Gasteiger partial charge in [-0.25, -0.2) is 0 Å². The van der Waals surface area contributed by atoms with Crippen molar-refractivity contribution in [3.63, 3.8) is 0 Å². The van der Waals surface area contributed by atoms with Crippen LogP contribution in [0.15, 0.2) is 42.5 Å². The quantitative estimate of drug-likeness (QED) is 0.901. The van der Waals surface area contributed by atoms with E-state index in [9.17, 15) is 18.3 Å². The number of benzene rings is 2. The predicted octanol–water partition coefficient (Wildman–Crippen LogP) is 3.44. The van der Waals surface area contributed by atoms with Crippen LogP contribution >= 0.6 is 0 Å². The van der Waals surface area contributed by atoms with Crippen LogP contribution in [0, 0.1) is 0 Å². The Morgan fingerprint density at radius 2 is 1.92 bits per heavy atom. The Kier molecular flexibility index (Phi) is 4.27. The monoisotopic (exact) mass is 337 g/mol. The Bertz CT molecular complexity index is 745. The van der Waals surface area contributed by atoms with Crippen LogP contribution in [-0.4, -0.2) is 18.7 Å². The molecule has 24 heavy (non-hydrogen) atoms. The number of alkyl halides is 3. The van der Waals surface area contributed by atoms with Crippen molar-refractivity contribution in [3.8, 4) is 5.75 Å². The van der Waals surface area contributed by atoms with E-state index in [-0.39, 0.29) is 18.6 Å². The third-order valence-electron chi connectivity index (χ3n) is 4.34. The van der Waals surface area contributed by atoms with E-state index in [1.54, 1.807) is 31.3 Å². The molecule has 1 atom stereocenters. The molecule has 0 amide bonds. The van der Waals surface area contributed by atoms with E-state index in [1.807, 2.05) is 0 Å². The molecule has 2 aromatic carbocycles. The van der Waals surface area contributed by atoms with Crippen molar-refractivity contribution in [2.45, 2.75) is 24.8 Å². The van der Waals surface area contributed by atoms with Gasteiger partial charge in [-0.3, -0.25) is 0 Å². The first-order chi connectivity index (χ1) is 11.4. The zero-order valence-electron chi connectivity index (χ0n) is 13.2. The van der Waals surface area contributed by atoms with E-state index < -0.39 is 17.3 Å². The molecule has 3 nitrogen and oxygen atoms in total. The highest BCUT2D eigenvalue weighted by atomic mass is 19.4. The molecule has 2 aromatic rings. The summed E-state index contributed by atoms with van der Waals surface area (Å²) in [6.45, 7) is 0.562. The van der Waals surface area contributed by atoms with Crippen molar-refractivity contribution < 1.29 is 23.0 Å². The van der Waals surface area contributed by atoms with E-state index in [1.165, 1.54) is 6.07 Å². The van der Waals surface area contributed by atoms with Gasteiger partial charge in [-0.05, 0) is 49.3 Å². The fourth-order valence-corrected chi connectivity index (χ4v) is 3.07. The number of hydrogen-bond acceptors (Lipinski definition) is 3. The van der Waals surface area contributed by atoms with Crippen LogP contribution in [0.1, 0.15) is 28.7 Å². The highest BCUT2D eigenvalue weighted by Gasteiger charge is 2.40. The van der Waals surface area contributed by atoms with Crippen LogP contribution in [0.2, 0.25) is 0 Å². The molecular weight excluding hydrogens is 319 g/mol. The van der Waals surface area contributed by atoms with Crippen molar-refractivity contribution in [3.05, 3.63) is 64.7 Å². The molecule has 0 aromatic heterocycles. The second-order valence-corrected chi connectivity index (χ2v) is 5.87. The Morgan fingerprint density at radius 3 is 2.62 bits per heavy atom. The molecule has 0 aliphatic carbocycles. The average Bonchev–Trinajstić information content (AvgIpc) is 2.68. The predicted molar refractivity (Wildman–Crippen MR) is 83.8 cm³/mol. The number of rotatable bonds is 3. The fourth-order valence-electron chi connectivity index (χ4n) is 3.07. The maximum atomic E-state index is 13.1. The summed E-state index contributed by atoms with van der Waals surface area (Å²) in [6, 6.07) is 10.4. The van der Waals surface area contributed by atoms with Crippen LogP contribution in [0.4, 0.5) is 13.2 Å². The molecule has 0 saturated carbocycles. The fraction of sp³-hybridized carbons (Fsp3) is 0.333. The Labute approximate surface area is 138 Å². The third-order valence-corrected chi connectivity index (χ3v) is 4.34. The number of halogens is 3. The molecular formula is C18H18F3NO2.